The number of hydrogen-bond donors (Lipinski definition) is 1. The van der Waals surface area contributed by atoms with Gasteiger partial charge in [0.05, 0.1) is 20.7 Å². The Kier molecular flexibility index (Phi) is 7.19. The second-order valence-corrected chi connectivity index (χ2v) is 8.89. The van der Waals surface area contributed by atoms with Crippen molar-refractivity contribution in [2.24, 2.45) is 5.10 Å². The van der Waals surface area contributed by atoms with Gasteiger partial charge < -0.3 is 4.74 Å². The molecular formula is C24H16Br2ClN3O2. The third-order valence-electron chi connectivity index (χ3n) is 4.60. The van der Waals surface area contributed by atoms with Crippen molar-refractivity contribution in [1.29, 1.82) is 0 Å². The van der Waals surface area contributed by atoms with Crippen LogP contribution in [-0.2, 0) is 6.61 Å². The van der Waals surface area contributed by atoms with E-state index in [9.17, 15) is 4.79 Å². The summed E-state index contributed by atoms with van der Waals surface area (Å²) in [5, 5.41) is 6.49. The molecule has 4 aromatic rings. The van der Waals surface area contributed by atoms with E-state index < -0.39 is 5.91 Å². The normalized spacial score (nSPS) is 11.1. The fourth-order valence-electron chi connectivity index (χ4n) is 3.06. The van der Waals surface area contributed by atoms with Gasteiger partial charge >= 0.3 is 0 Å². The highest BCUT2D eigenvalue weighted by atomic mass is 79.9. The van der Waals surface area contributed by atoms with Gasteiger partial charge in [0.25, 0.3) is 5.91 Å². The van der Waals surface area contributed by atoms with E-state index in [0.717, 1.165) is 20.1 Å². The lowest BCUT2D eigenvalue weighted by molar-refractivity contribution is 0.0955. The average molecular weight is 574 g/mol. The molecule has 0 saturated heterocycles. The van der Waals surface area contributed by atoms with Gasteiger partial charge in [-0.3, -0.25) is 4.79 Å². The van der Waals surface area contributed by atoms with Crippen LogP contribution in [0.3, 0.4) is 0 Å². The van der Waals surface area contributed by atoms with Gasteiger partial charge in [-0.1, -0.05) is 48.0 Å². The summed E-state index contributed by atoms with van der Waals surface area (Å²) < 4.78 is 7.56. The molecule has 8 heteroatoms. The van der Waals surface area contributed by atoms with Crippen LogP contribution in [0.5, 0.6) is 5.75 Å². The fraction of sp³-hybridized carbons (Fsp3) is 0.0417. The van der Waals surface area contributed by atoms with Crippen LogP contribution in [0.1, 0.15) is 21.5 Å². The van der Waals surface area contributed by atoms with Crippen LogP contribution in [0.25, 0.3) is 10.8 Å². The number of pyridine rings is 1. The highest BCUT2D eigenvalue weighted by Crippen LogP contribution is 2.35. The van der Waals surface area contributed by atoms with Crippen molar-refractivity contribution in [2.45, 2.75) is 6.61 Å². The summed E-state index contributed by atoms with van der Waals surface area (Å²) in [6.07, 6.45) is 3.05. The molecule has 0 unspecified atom stereocenters. The Bertz CT molecular complexity index is 1300. The number of nitrogens with zero attached hydrogens (tertiary/aromatic N) is 2. The SMILES string of the molecule is O=C(NN=Cc1cc(Br)c(OCc2ccc3ccccc3c2)c(Br)c1)c1cccnc1Cl. The number of rotatable bonds is 6. The second-order valence-electron chi connectivity index (χ2n) is 6.82. The number of carbonyl (C=O) groups excluding carboxylic acids is 1. The summed E-state index contributed by atoms with van der Waals surface area (Å²) in [6, 6.07) is 21.4. The molecule has 1 N–H and O–H groups in total. The van der Waals surface area contributed by atoms with Gasteiger partial charge in [0, 0.05) is 6.20 Å². The smallest absolute Gasteiger partial charge is 0.274 e. The van der Waals surface area contributed by atoms with Gasteiger partial charge in [-0.2, -0.15) is 5.10 Å². The van der Waals surface area contributed by atoms with Crippen LogP contribution in [0.2, 0.25) is 5.15 Å². The van der Waals surface area contributed by atoms with Crippen LogP contribution in [0.4, 0.5) is 0 Å². The number of nitrogens with one attached hydrogen (secondary N) is 1. The molecule has 1 aromatic heterocycles. The van der Waals surface area contributed by atoms with Gasteiger partial charge in [0.15, 0.2) is 0 Å². The molecule has 1 heterocycles. The predicted octanol–water partition coefficient (Wildman–Crippen LogP) is 6.76. The summed E-state index contributed by atoms with van der Waals surface area (Å²) in [5.41, 5.74) is 4.54. The van der Waals surface area contributed by atoms with Gasteiger partial charge in [0.2, 0.25) is 0 Å². The van der Waals surface area contributed by atoms with Gasteiger partial charge in [-0.15, -0.1) is 0 Å². The lowest BCUT2D eigenvalue weighted by atomic mass is 10.1. The molecule has 0 radical (unpaired) electrons. The van der Waals surface area contributed by atoms with Gasteiger partial charge in [-0.05, 0) is 84.1 Å². The van der Waals surface area contributed by atoms with E-state index in [0.29, 0.717) is 12.4 Å². The molecule has 0 spiro atoms. The van der Waals surface area contributed by atoms with E-state index in [1.165, 1.54) is 23.2 Å². The molecule has 0 aliphatic heterocycles. The minimum absolute atomic E-state index is 0.124. The number of benzene rings is 3. The van der Waals surface area contributed by atoms with Crippen LogP contribution < -0.4 is 10.2 Å². The summed E-state index contributed by atoms with van der Waals surface area (Å²) in [5.74, 6) is 0.245. The maximum Gasteiger partial charge on any atom is 0.274 e. The minimum atomic E-state index is -0.437. The third-order valence-corrected chi connectivity index (χ3v) is 6.08. The number of ether oxygens (including phenoxy) is 1. The maximum atomic E-state index is 12.2. The summed E-state index contributed by atoms with van der Waals surface area (Å²) in [6.45, 7) is 0.428. The lowest BCUT2D eigenvalue weighted by Gasteiger charge is -2.12. The number of carbonyl (C=O) groups is 1. The zero-order valence-corrected chi connectivity index (χ0v) is 20.5. The number of fused-ring (bicyclic) bond motifs is 1. The lowest BCUT2D eigenvalue weighted by Crippen LogP contribution is -2.18. The standard InChI is InChI=1S/C24H16Br2ClN3O2/c25-20-11-16(13-29-30-24(31)19-6-3-9-28-23(19)27)12-21(26)22(20)32-14-15-7-8-17-4-1-2-5-18(17)10-15/h1-13H,14H2,(H,30,31). The largest absolute Gasteiger partial charge is 0.487 e. The topological polar surface area (TPSA) is 63.6 Å². The first-order valence-electron chi connectivity index (χ1n) is 9.55. The Morgan fingerprint density at radius 1 is 1.03 bits per heavy atom. The van der Waals surface area contributed by atoms with Crippen LogP contribution in [0.15, 0.2) is 87.0 Å². The Labute approximate surface area is 206 Å². The van der Waals surface area contributed by atoms with Gasteiger partial charge in [0.1, 0.15) is 17.5 Å². The Hall–Kier alpha value is -2.74. The van der Waals surface area contributed by atoms with E-state index in [4.69, 9.17) is 16.3 Å². The molecule has 0 saturated carbocycles. The molecular weight excluding hydrogens is 558 g/mol. The molecule has 0 fully saturated rings. The highest BCUT2D eigenvalue weighted by molar-refractivity contribution is 9.11. The van der Waals surface area contributed by atoms with E-state index in [-0.39, 0.29) is 10.7 Å². The zero-order chi connectivity index (χ0) is 22.5. The maximum absolute atomic E-state index is 12.2. The van der Waals surface area contributed by atoms with E-state index in [2.05, 4.69) is 77.7 Å². The van der Waals surface area contributed by atoms with Crippen molar-refractivity contribution in [3.05, 3.63) is 104 Å². The van der Waals surface area contributed by atoms with Crippen molar-refractivity contribution in [1.82, 2.24) is 10.4 Å². The number of hydrogen-bond acceptors (Lipinski definition) is 4. The second kappa shape index (κ2) is 10.3. The number of amides is 1. The Morgan fingerprint density at radius 2 is 1.78 bits per heavy atom. The van der Waals surface area contributed by atoms with Crippen LogP contribution in [-0.4, -0.2) is 17.1 Å². The quantitative estimate of drug-likeness (QED) is 0.158. The first-order valence-corrected chi connectivity index (χ1v) is 11.5. The summed E-state index contributed by atoms with van der Waals surface area (Å²) in [7, 11) is 0. The third kappa shape index (κ3) is 5.35. The summed E-state index contributed by atoms with van der Waals surface area (Å²) >= 11 is 13.0. The first kappa shape index (κ1) is 22.5. The predicted molar refractivity (Wildman–Crippen MR) is 134 cm³/mol. The molecule has 0 atom stereocenters. The number of hydrazone groups is 1. The molecule has 160 valence electrons. The van der Waals surface area contributed by atoms with Crippen molar-refractivity contribution in [3.63, 3.8) is 0 Å². The van der Waals surface area contributed by atoms with Crippen molar-refractivity contribution in [3.8, 4) is 5.75 Å². The molecule has 5 nitrogen and oxygen atoms in total. The number of halogens is 3. The fourth-order valence-corrected chi connectivity index (χ4v) is 4.71. The van der Waals surface area contributed by atoms with E-state index in [1.807, 2.05) is 24.3 Å². The molecule has 0 bridgehead atoms. The average Bonchev–Trinajstić information content (AvgIpc) is 2.78. The van der Waals surface area contributed by atoms with Crippen molar-refractivity contribution in [2.75, 3.05) is 0 Å². The monoisotopic (exact) mass is 571 g/mol. The molecule has 3 aromatic carbocycles. The zero-order valence-electron chi connectivity index (χ0n) is 16.6. The van der Waals surface area contributed by atoms with Crippen molar-refractivity contribution >= 4 is 66.4 Å². The van der Waals surface area contributed by atoms with Crippen molar-refractivity contribution < 1.29 is 9.53 Å². The molecule has 4 rings (SSSR count). The van der Waals surface area contributed by atoms with Gasteiger partial charge in [-0.25, -0.2) is 10.4 Å². The molecule has 1 amide bonds. The first-order chi connectivity index (χ1) is 15.5. The molecule has 0 aliphatic rings. The van der Waals surface area contributed by atoms with E-state index in [1.54, 1.807) is 12.1 Å². The van der Waals surface area contributed by atoms with Crippen LogP contribution in [0, 0.1) is 0 Å². The Morgan fingerprint density at radius 3 is 2.53 bits per heavy atom. The Balaban J connectivity index is 1.42. The minimum Gasteiger partial charge on any atom is -0.487 e. The summed E-state index contributed by atoms with van der Waals surface area (Å²) in [4.78, 5) is 16.0. The van der Waals surface area contributed by atoms with Crippen LogP contribution >= 0.6 is 43.5 Å². The highest BCUT2D eigenvalue weighted by Gasteiger charge is 2.11. The molecule has 32 heavy (non-hydrogen) atoms. The van der Waals surface area contributed by atoms with E-state index >= 15 is 0 Å². The molecule has 0 aliphatic carbocycles. The number of aromatic nitrogens is 1.